The Kier molecular flexibility index (Phi) is 11.0. The number of ether oxygens (including phenoxy) is 2. The van der Waals surface area contributed by atoms with Gasteiger partial charge < -0.3 is 14.6 Å². The zero-order valence-electron chi connectivity index (χ0n) is 18.4. The van der Waals surface area contributed by atoms with Crippen LogP contribution in [0.3, 0.4) is 0 Å². The molecule has 0 aromatic heterocycles. The van der Waals surface area contributed by atoms with E-state index in [1.54, 1.807) is 12.1 Å². The van der Waals surface area contributed by atoms with Gasteiger partial charge in [0, 0.05) is 11.1 Å². The average molecular weight is 413 g/mol. The van der Waals surface area contributed by atoms with Gasteiger partial charge in [-0.05, 0) is 36.6 Å². The van der Waals surface area contributed by atoms with Gasteiger partial charge >= 0.3 is 0 Å². The van der Waals surface area contributed by atoms with Crippen LogP contribution in [0.5, 0.6) is 11.5 Å². The van der Waals surface area contributed by atoms with Crippen molar-refractivity contribution in [2.75, 3.05) is 13.2 Å². The van der Waals surface area contributed by atoms with E-state index >= 15 is 0 Å². The maximum Gasteiger partial charge on any atom is 0.150 e. The van der Waals surface area contributed by atoms with Crippen LogP contribution in [0.15, 0.2) is 42.5 Å². The first kappa shape index (κ1) is 23.9. The van der Waals surface area contributed by atoms with E-state index in [1.807, 2.05) is 30.3 Å². The molecule has 2 rings (SSSR count). The summed E-state index contributed by atoms with van der Waals surface area (Å²) in [6.45, 7) is 5.59. The number of unbranched alkanes of at least 4 members (excludes halogenated alkanes) is 6. The first-order chi connectivity index (χ1) is 14.7. The zero-order chi connectivity index (χ0) is 21.6. The number of aliphatic hydroxyl groups is 1. The van der Waals surface area contributed by atoms with Crippen molar-refractivity contribution in [3.63, 3.8) is 0 Å². The van der Waals surface area contributed by atoms with Gasteiger partial charge in [0.25, 0.3) is 0 Å². The second-order valence-electron chi connectivity index (χ2n) is 7.67. The van der Waals surface area contributed by atoms with Crippen LogP contribution >= 0.6 is 0 Å². The summed E-state index contributed by atoms with van der Waals surface area (Å²) in [5, 5.41) is 11.1. The highest BCUT2D eigenvalue weighted by Gasteiger charge is 2.20. The summed E-state index contributed by atoms with van der Waals surface area (Å²) in [5.74, 6) is 1.29. The number of carbonyl (C=O) groups is 1. The number of benzene rings is 2. The van der Waals surface area contributed by atoms with Crippen LogP contribution < -0.4 is 9.47 Å². The van der Waals surface area contributed by atoms with E-state index < -0.39 is 6.10 Å². The Morgan fingerprint density at radius 1 is 0.867 bits per heavy atom. The molecular formula is C26H36O4. The minimum absolute atomic E-state index is 0.444. The topological polar surface area (TPSA) is 55.8 Å². The van der Waals surface area contributed by atoms with E-state index in [0.717, 1.165) is 37.7 Å². The van der Waals surface area contributed by atoms with Crippen LogP contribution in [-0.4, -0.2) is 24.6 Å². The molecule has 0 aliphatic rings. The van der Waals surface area contributed by atoms with Gasteiger partial charge in [-0.1, -0.05) is 76.6 Å². The predicted molar refractivity (Wildman–Crippen MR) is 122 cm³/mol. The molecule has 1 N–H and O–H groups in total. The van der Waals surface area contributed by atoms with E-state index in [2.05, 4.69) is 13.8 Å². The van der Waals surface area contributed by atoms with E-state index in [1.165, 1.54) is 25.7 Å². The molecule has 0 saturated carbocycles. The van der Waals surface area contributed by atoms with Crippen LogP contribution in [0.2, 0.25) is 0 Å². The summed E-state index contributed by atoms with van der Waals surface area (Å²) in [5.41, 5.74) is 1.65. The number of aldehydes is 1. The second-order valence-corrected chi connectivity index (χ2v) is 7.67. The van der Waals surface area contributed by atoms with Crippen LogP contribution in [0, 0.1) is 0 Å². The number of hydrogen-bond donors (Lipinski definition) is 1. The van der Waals surface area contributed by atoms with Gasteiger partial charge in [-0.2, -0.15) is 0 Å². The molecule has 0 bridgehead atoms. The molecule has 0 amide bonds. The summed E-state index contributed by atoms with van der Waals surface area (Å²) < 4.78 is 11.8. The third-order valence-electron chi connectivity index (χ3n) is 5.20. The molecule has 0 saturated heterocycles. The van der Waals surface area contributed by atoms with E-state index in [9.17, 15) is 9.90 Å². The van der Waals surface area contributed by atoms with Gasteiger partial charge in [-0.25, -0.2) is 0 Å². The quantitative estimate of drug-likeness (QED) is 0.268. The highest BCUT2D eigenvalue weighted by atomic mass is 16.5. The van der Waals surface area contributed by atoms with Crippen molar-refractivity contribution in [3.05, 3.63) is 59.2 Å². The number of carbonyl (C=O) groups excluding carboxylic acids is 1. The normalized spacial score (nSPS) is 11.8. The maximum atomic E-state index is 11.6. The third kappa shape index (κ3) is 7.49. The molecule has 164 valence electrons. The van der Waals surface area contributed by atoms with Crippen molar-refractivity contribution in [2.45, 2.75) is 71.3 Å². The Labute approximate surface area is 181 Å². The van der Waals surface area contributed by atoms with Crippen LogP contribution in [0.4, 0.5) is 0 Å². The fraction of sp³-hybridized carbons (Fsp3) is 0.500. The SMILES string of the molecule is CCCCCCOc1cccc(C(O)c2c(C=O)cccc2OCCCCCC)c1. The standard InChI is InChI=1S/C26H36O4/c1-3-5-7-9-17-29-23-15-11-13-21(19-23)26(28)25-22(20-27)14-12-16-24(25)30-18-10-8-6-4-2/h11-16,19-20,26,28H,3-10,17-18H2,1-2H3. The lowest BCUT2D eigenvalue weighted by molar-refractivity contribution is 0.111. The molecule has 0 aliphatic heterocycles. The molecule has 0 heterocycles. The van der Waals surface area contributed by atoms with Crippen molar-refractivity contribution in [1.82, 2.24) is 0 Å². The molecule has 0 radical (unpaired) electrons. The van der Waals surface area contributed by atoms with Crippen molar-refractivity contribution in [1.29, 1.82) is 0 Å². The first-order valence-electron chi connectivity index (χ1n) is 11.3. The number of hydrogen-bond acceptors (Lipinski definition) is 4. The lowest BCUT2D eigenvalue weighted by Crippen LogP contribution is -2.09. The lowest BCUT2D eigenvalue weighted by atomic mass is 9.96. The van der Waals surface area contributed by atoms with Gasteiger partial charge in [-0.15, -0.1) is 0 Å². The smallest absolute Gasteiger partial charge is 0.150 e. The Hall–Kier alpha value is -2.33. The molecule has 1 unspecified atom stereocenters. The van der Waals surface area contributed by atoms with Crippen LogP contribution in [0.25, 0.3) is 0 Å². The van der Waals surface area contributed by atoms with Crippen molar-refractivity contribution < 1.29 is 19.4 Å². The number of rotatable bonds is 15. The van der Waals surface area contributed by atoms with E-state index in [0.29, 0.717) is 35.7 Å². The fourth-order valence-corrected chi connectivity index (χ4v) is 3.45. The molecule has 4 heteroatoms. The summed E-state index contributed by atoms with van der Waals surface area (Å²) in [6, 6.07) is 12.8. The first-order valence-corrected chi connectivity index (χ1v) is 11.3. The summed E-state index contributed by atoms with van der Waals surface area (Å²) in [4.78, 5) is 11.6. The average Bonchev–Trinajstić information content (AvgIpc) is 2.78. The molecule has 2 aromatic rings. The molecule has 0 fully saturated rings. The Bertz CT molecular complexity index is 756. The third-order valence-corrected chi connectivity index (χ3v) is 5.20. The minimum atomic E-state index is -0.958. The zero-order valence-corrected chi connectivity index (χ0v) is 18.4. The Morgan fingerprint density at radius 2 is 1.53 bits per heavy atom. The minimum Gasteiger partial charge on any atom is -0.494 e. The molecule has 0 aliphatic carbocycles. The van der Waals surface area contributed by atoms with Crippen molar-refractivity contribution in [2.24, 2.45) is 0 Å². The highest BCUT2D eigenvalue weighted by molar-refractivity contribution is 5.79. The molecule has 4 nitrogen and oxygen atoms in total. The lowest BCUT2D eigenvalue weighted by Gasteiger charge is -2.19. The summed E-state index contributed by atoms with van der Waals surface area (Å²) >= 11 is 0. The summed E-state index contributed by atoms with van der Waals surface area (Å²) in [6.07, 6.45) is 8.81. The predicted octanol–water partition coefficient (Wildman–Crippen LogP) is 6.50. The fourth-order valence-electron chi connectivity index (χ4n) is 3.45. The number of aliphatic hydroxyl groups excluding tert-OH is 1. The van der Waals surface area contributed by atoms with Gasteiger partial charge in [0.1, 0.15) is 17.6 Å². The maximum absolute atomic E-state index is 11.6. The summed E-state index contributed by atoms with van der Waals surface area (Å²) in [7, 11) is 0. The molecule has 1 atom stereocenters. The van der Waals surface area contributed by atoms with E-state index in [4.69, 9.17) is 9.47 Å². The second kappa shape index (κ2) is 13.8. The Morgan fingerprint density at radius 3 is 2.20 bits per heavy atom. The van der Waals surface area contributed by atoms with Crippen LogP contribution in [-0.2, 0) is 0 Å². The Balaban J connectivity index is 2.11. The van der Waals surface area contributed by atoms with Gasteiger partial charge in [-0.3, -0.25) is 4.79 Å². The monoisotopic (exact) mass is 412 g/mol. The largest absolute Gasteiger partial charge is 0.494 e. The van der Waals surface area contributed by atoms with Crippen LogP contribution in [0.1, 0.15) is 92.8 Å². The molecule has 2 aromatic carbocycles. The van der Waals surface area contributed by atoms with Gasteiger partial charge in [0.2, 0.25) is 0 Å². The molecule has 0 spiro atoms. The highest BCUT2D eigenvalue weighted by Crippen LogP contribution is 2.34. The van der Waals surface area contributed by atoms with Crippen molar-refractivity contribution in [3.8, 4) is 11.5 Å². The van der Waals surface area contributed by atoms with Gasteiger partial charge in [0.15, 0.2) is 6.29 Å². The van der Waals surface area contributed by atoms with Crippen molar-refractivity contribution >= 4 is 6.29 Å². The van der Waals surface area contributed by atoms with Gasteiger partial charge in [0.05, 0.1) is 13.2 Å². The molecular weight excluding hydrogens is 376 g/mol. The molecule has 30 heavy (non-hydrogen) atoms. The van der Waals surface area contributed by atoms with E-state index in [-0.39, 0.29) is 0 Å².